The molecule has 0 atom stereocenters. The van der Waals surface area contributed by atoms with Crippen LogP contribution in [0.15, 0.2) is 60.9 Å². The van der Waals surface area contributed by atoms with E-state index in [0.29, 0.717) is 35.4 Å². The molecule has 6 rings (SSSR count). The number of likely N-dealkylation sites (N-methyl/N-ethyl adjacent to an activating group) is 1. The molecule has 0 spiro atoms. The van der Waals surface area contributed by atoms with Crippen molar-refractivity contribution in [2.75, 3.05) is 38.5 Å². The third kappa shape index (κ3) is 4.26. The number of pyridine rings is 1. The van der Waals surface area contributed by atoms with Crippen molar-refractivity contribution in [3.63, 3.8) is 0 Å². The van der Waals surface area contributed by atoms with Gasteiger partial charge in [-0.15, -0.1) is 0 Å². The molecule has 196 valence electrons. The summed E-state index contributed by atoms with van der Waals surface area (Å²) in [6.45, 7) is 4.53. The molecule has 3 amide bonds. The largest absolute Gasteiger partial charge is 0.366 e. The lowest BCUT2D eigenvalue weighted by Crippen LogP contribution is -2.47. The number of aromatic nitrogens is 2. The Morgan fingerprint density at radius 1 is 0.923 bits per heavy atom. The topological polar surface area (TPSA) is 124 Å². The lowest BCUT2D eigenvalue weighted by molar-refractivity contribution is -0.114. The van der Waals surface area contributed by atoms with Crippen LogP contribution in [0, 0.1) is 0 Å². The van der Waals surface area contributed by atoms with Gasteiger partial charge in [-0.1, -0.05) is 18.2 Å². The number of nitrogens with zero attached hydrogens (tertiary/aromatic N) is 3. The number of anilines is 1. The van der Waals surface area contributed by atoms with Gasteiger partial charge in [-0.3, -0.25) is 19.4 Å². The van der Waals surface area contributed by atoms with E-state index in [4.69, 9.17) is 5.73 Å². The van der Waals surface area contributed by atoms with Crippen molar-refractivity contribution in [3.8, 4) is 11.1 Å². The van der Waals surface area contributed by atoms with E-state index in [-0.39, 0.29) is 11.8 Å². The summed E-state index contributed by atoms with van der Waals surface area (Å²) in [5.74, 6) is -0.711. The van der Waals surface area contributed by atoms with Crippen LogP contribution in [0.2, 0.25) is 0 Å². The first-order chi connectivity index (χ1) is 18.8. The third-order valence-electron chi connectivity index (χ3n) is 7.48. The predicted molar refractivity (Wildman–Crippen MR) is 153 cm³/mol. The summed E-state index contributed by atoms with van der Waals surface area (Å²) in [6, 6.07) is 14.9. The van der Waals surface area contributed by atoms with Crippen molar-refractivity contribution < 1.29 is 14.4 Å². The predicted octanol–water partition coefficient (Wildman–Crippen LogP) is 3.98. The number of piperazine rings is 1. The Morgan fingerprint density at radius 3 is 2.44 bits per heavy atom. The number of nitrogens with two attached hydrogens (primary N) is 1. The van der Waals surface area contributed by atoms with E-state index in [0.717, 1.165) is 51.3 Å². The summed E-state index contributed by atoms with van der Waals surface area (Å²) < 4.78 is 0. The average molecular weight is 521 g/mol. The molecule has 2 aromatic heterocycles. The van der Waals surface area contributed by atoms with E-state index < -0.39 is 5.91 Å². The second-order valence-corrected chi connectivity index (χ2v) is 10.0. The van der Waals surface area contributed by atoms with Gasteiger partial charge < -0.3 is 25.8 Å². The van der Waals surface area contributed by atoms with E-state index in [1.807, 2.05) is 47.4 Å². The lowest BCUT2D eigenvalue weighted by atomic mass is 9.93. The minimum absolute atomic E-state index is 0.00960. The van der Waals surface area contributed by atoms with Gasteiger partial charge in [0, 0.05) is 83.8 Å². The number of amides is 3. The molecule has 5 aromatic rings. The number of rotatable bonds is 4. The Kier molecular flexibility index (Phi) is 6.00. The van der Waals surface area contributed by atoms with Crippen molar-refractivity contribution >= 4 is 56.0 Å². The molecular formula is C30H28N6O3. The van der Waals surface area contributed by atoms with E-state index in [1.54, 1.807) is 18.5 Å². The van der Waals surface area contributed by atoms with Crippen molar-refractivity contribution in [2.24, 2.45) is 5.73 Å². The molecule has 1 aliphatic rings. The summed E-state index contributed by atoms with van der Waals surface area (Å²) in [7, 11) is 2.05. The van der Waals surface area contributed by atoms with Crippen molar-refractivity contribution in [3.05, 3.63) is 72.1 Å². The van der Waals surface area contributed by atoms with Crippen LogP contribution in [-0.2, 0) is 4.79 Å². The van der Waals surface area contributed by atoms with Crippen molar-refractivity contribution in [2.45, 2.75) is 6.92 Å². The molecule has 3 aromatic carbocycles. The van der Waals surface area contributed by atoms with Crippen LogP contribution in [0.25, 0.3) is 43.7 Å². The van der Waals surface area contributed by atoms with E-state index in [9.17, 15) is 14.4 Å². The van der Waals surface area contributed by atoms with Crippen LogP contribution >= 0.6 is 0 Å². The minimum Gasteiger partial charge on any atom is -0.366 e. The molecule has 0 aliphatic carbocycles. The number of fused-ring (bicyclic) bond motifs is 4. The van der Waals surface area contributed by atoms with Gasteiger partial charge >= 0.3 is 0 Å². The Morgan fingerprint density at radius 2 is 1.69 bits per heavy atom. The fraction of sp³-hybridized carbons (Fsp3) is 0.200. The van der Waals surface area contributed by atoms with Crippen LogP contribution in [0.3, 0.4) is 0 Å². The van der Waals surface area contributed by atoms with Gasteiger partial charge in [0.1, 0.15) is 0 Å². The zero-order valence-corrected chi connectivity index (χ0v) is 21.7. The van der Waals surface area contributed by atoms with Crippen LogP contribution in [-0.4, -0.2) is 70.7 Å². The zero-order chi connectivity index (χ0) is 27.3. The highest BCUT2D eigenvalue weighted by Crippen LogP contribution is 2.40. The minimum atomic E-state index is -0.542. The summed E-state index contributed by atoms with van der Waals surface area (Å²) in [5.41, 5.74) is 10.6. The van der Waals surface area contributed by atoms with Gasteiger partial charge in [0.15, 0.2) is 0 Å². The van der Waals surface area contributed by atoms with Crippen LogP contribution in [0.1, 0.15) is 27.6 Å². The van der Waals surface area contributed by atoms with Gasteiger partial charge in [0.05, 0.1) is 11.1 Å². The molecule has 0 radical (unpaired) electrons. The summed E-state index contributed by atoms with van der Waals surface area (Å²) in [5, 5.41) is 6.30. The number of hydrogen-bond donors (Lipinski definition) is 3. The number of hydrogen-bond acceptors (Lipinski definition) is 5. The molecule has 9 heteroatoms. The summed E-state index contributed by atoms with van der Waals surface area (Å²) in [6.07, 6.45) is 3.46. The lowest BCUT2D eigenvalue weighted by Gasteiger charge is -2.32. The normalized spacial score (nSPS) is 14.3. The first-order valence-corrected chi connectivity index (χ1v) is 12.8. The summed E-state index contributed by atoms with van der Waals surface area (Å²) >= 11 is 0. The smallest absolute Gasteiger partial charge is 0.254 e. The van der Waals surface area contributed by atoms with Gasteiger partial charge in [-0.25, -0.2) is 0 Å². The van der Waals surface area contributed by atoms with Crippen LogP contribution in [0.5, 0.6) is 0 Å². The number of H-pyrrole nitrogens is 1. The maximum Gasteiger partial charge on any atom is 0.254 e. The Labute approximate surface area is 224 Å². The maximum atomic E-state index is 13.3. The third-order valence-corrected chi connectivity index (χ3v) is 7.48. The van der Waals surface area contributed by atoms with Gasteiger partial charge in [0.25, 0.3) is 11.8 Å². The second kappa shape index (κ2) is 9.52. The molecule has 9 nitrogen and oxygen atoms in total. The molecule has 0 bridgehead atoms. The Bertz CT molecular complexity index is 1800. The van der Waals surface area contributed by atoms with E-state index in [1.165, 1.54) is 6.92 Å². The standard InChI is InChI=1S/C30H28N6O3/c1-17(37)33-25-8-7-19(24-16-32-10-9-20(24)25)21-5-6-23(29(31)38)28-27(21)22-4-3-18(15-26(22)34-28)30(39)36-13-11-35(2)12-14-36/h3-10,15-16,34H,11-14H2,1-2H3,(H2,31,38)(H,33,37). The van der Waals surface area contributed by atoms with Gasteiger partial charge in [-0.2, -0.15) is 0 Å². The van der Waals surface area contributed by atoms with E-state index >= 15 is 0 Å². The molecule has 4 N–H and O–H groups in total. The van der Waals surface area contributed by atoms with Crippen LogP contribution in [0.4, 0.5) is 5.69 Å². The number of nitrogens with one attached hydrogen (secondary N) is 2. The fourth-order valence-corrected chi connectivity index (χ4v) is 5.49. The molecule has 3 heterocycles. The highest BCUT2D eigenvalue weighted by molar-refractivity contribution is 6.22. The highest BCUT2D eigenvalue weighted by atomic mass is 16.2. The Balaban J connectivity index is 1.54. The molecule has 39 heavy (non-hydrogen) atoms. The average Bonchev–Trinajstić information content (AvgIpc) is 3.31. The number of primary amides is 1. The molecule has 1 saturated heterocycles. The SMILES string of the molecule is CC(=O)Nc1ccc(-c2ccc(C(N)=O)c3[nH]c4cc(C(=O)N5CCN(C)CC5)ccc4c23)c2cnccc12. The number of benzene rings is 3. The first kappa shape index (κ1) is 24.6. The molecular weight excluding hydrogens is 492 g/mol. The quantitative estimate of drug-likeness (QED) is 0.331. The molecule has 1 fully saturated rings. The zero-order valence-electron chi connectivity index (χ0n) is 21.7. The summed E-state index contributed by atoms with van der Waals surface area (Å²) in [4.78, 5) is 49.2. The maximum absolute atomic E-state index is 13.3. The highest BCUT2D eigenvalue weighted by Gasteiger charge is 2.23. The van der Waals surface area contributed by atoms with E-state index in [2.05, 4.69) is 27.2 Å². The monoisotopic (exact) mass is 520 g/mol. The van der Waals surface area contributed by atoms with Gasteiger partial charge in [0.2, 0.25) is 5.91 Å². The molecule has 1 aliphatic heterocycles. The molecule has 0 unspecified atom stereocenters. The van der Waals surface area contributed by atoms with Crippen molar-refractivity contribution in [1.82, 2.24) is 19.8 Å². The Hall–Kier alpha value is -4.76. The number of aromatic amines is 1. The van der Waals surface area contributed by atoms with Gasteiger partial charge in [-0.05, 0) is 48.5 Å². The molecule has 0 saturated carbocycles. The number of carbonyl (C=O) groups excluding carboxylic acids is 3. The second-order valence-electron chi connectivity index (χ2n) is 10.0. The number of carbonyl (C=O) groups is 3. The van der Waals surface area contributed by atoms with Crippen LogP contribution < -0.4 is 11.1 Å². The fourth-order valence-electron chi connectivity index (χ4n) is 5.49. The van der Waals surface area contributed by atoms with Crippen molar-refractivity contribution in [1.29, 1.82) is 0 Å². The first-order valence-electron chi connectivity index (χ1n) is 12.8.